The van der Waals surface area contributed by atoms with Crippen LogP contribution in [0.3, 0.4) is 0 Å². The summed E-state index contributed by atoms with van der Waals surface area (Å²) in [6.45, 7) is 10.7. The zero-order valence-corrected chi connectivity index (χ0v) is 11.4. The molecular weight excluding hydrogens is 220 g/mol. The maximum atomic E-state index is 11.2. The van der Waals surface area contributed by atoms with Crippen LogP contribution in [0.25, 0.3) is 0 Å². The Labute approximate surface area is 104 Å². The Bertz CT molecular complexity index is 218. The Hall–Kier alpha value is -0.810. The van der Waals surface area contributed by atoms with Crippen molar-refractivity contribution in [3.8, 4) is 0 Å². The van der Waals surface area contributed by atoms with Gasteiger partial charge >= 0.3 is 6.09 Å². The number of rotatable bonds is 8. The second-order valence-electron chi connectivity index (χ2n) is 5.36. The largest absolute Gasteiger partial charge is 0.449 e. The van der Waals surface area contributed by atoms with Gasteiger partial charge in [0.2, 0.25) is 0 Å². The normalized spacial score (nSPS) is 11.6. The van der Waals surface area contributed by atoms with Crippen LogP contribution >= 0.6 is 0 Å². The van der Waals surface area contributed by atoms with Gasteiger partial charge in [-0.05, 0) is 5.92 Å². The van der Waals surface area contributed by atoms with Crippen molar-refractivity contribution in [1.29, 1.82) is 0 Å². The average Bonchev–Trinajstić information content (AvgIpc) is 2.23. The third-order valence-electron chi connectivity index (χ3n) is 1.95. The van der Waals surface area contributed by atoms with Crippen molar-refractivity contribution in [2.24, 2.45) is 17.1 Å². The van der Waals surface area contributed by atoms with E-state index in [0.29, 0.717) is 32.2 Å². The van der Waals surface area contributed by atoms with Gasteiger partial charge < -0.3 is 20.5 Å². The molecule has 3 N–H and O–H groups in total. The molecule has 0 atom stereocenters. The van der Waals surface area contributed by atoms with E-state index in [-0.39, 0.29) is 5.41 Å². The van der Waals surface area contributed by atoms with Gasteiger partial charge in [0, 0.05) is 25.1 Å². The fourth-order valence-electron chi connectivity index (χ4n) is 1.10. The van der Waals surface area contributed by atoms with Crippen molar-refractivity contribution in [2.75, 3.05) is 32.9 Å². The van der Waals surface area contributed by atoms with E-state index in [2.05, 4.69) is 19.2 Å². The van der Waals surface area contributed by atoms with Gasteiger partial charge in [0.05, 0.1) is 6.61 Å². The van der Waals surface area contributed by atoms with Crippen molar-refractivity contribution < 1.29 is 14.3 Å². The fraction of sp³-hybridized carbons (Fsp3) is 0.917. The molecule has 0 aliphatic carbocycles. The first-order chi connectivity index (χ1) is 7.87. The molecular formula is C12H26N2O3. The summed E-state index contributed by atoms with van der Waals surface area (Å²) >= 11 is 0. The number of ether oxygens (including phenoxy) is 2. The first-order valence-corrected chi connectivity index (χ1v) is 6.06. The monoisotopic (exact) mass is 246 g/mol. The van der Waals surface area contributed by atoms with Gasteiger partial charge in [0.15, 0.2) is 0 Å². The number of amides is 1. The molecule has 5 heteroatoms. The van der Waals surface area contributed by atoms with Crippen LogP contribution in [0.1, 0.15) is 27.7 Å². The van der Waals surface area contributed by atoms with Crippen molar-refractivity contribution in [3.63, 3.8) is 0 Å². The molecule has 0 heterocycles. The molecule has 0 saturated heterocycles. The highest BCUT2D eigenvalue weighted by atomic mass is 16.6. The molecule has 0 bridgehead atoms. The van der Waals surface area contributed by atoms with Crippen LogP contribution in [0.5, 0.6) is 0 Å². The molecule has 0 aromatic heterocycles. The quantitative estimate of drug-likeness (QED) is 0.678. The minimum atomic E-state index is -0.424. The van der Waals surface area contributed by atoms with Crippen LogP contribution in [0, 0.1) is 11.3 Å². The zero-order chi connectivity index (χ0) is 13.3. The van der Waals surface area contributed by atoms with Gasteiger partial charge in [-0.15, -0.1) is 0 Å². The lowest BCUT2D eigenvalue weighted by Gasteiger charge is -2.24. The molecule has 102 valence electrons. The molecule has 0 rings (SSSR count). The van der Waals surface area contributed by atoms with Gasteiger partial charge in [-0.2, -0.15) is 0 Å². The standard InChI is InChI=1S/C12H26N2O3/c1-10(2)7-16-8-12(3,4)9-17-11(15)14-6-5-13/h10H,5-9,13H2,1-4H3,(H,14,15). The molecule has 5 nitrogen and oxygen atoms in total. The maximum absolute atomic E-state index is 11.2. The smallest absolute Gasteiger partial charge is 0.407 e. The first-order valence-electron chi connectivity index (χ1n) is 6.06. The summed E-state index contributed by atoms with van der Waals surface area (Å²) in [6, 6.07) is 0. The lowest BCUT2D eigenvalue weighted by atomic mass is 9.96. The van der Waals surface area contributed by atoms with Crippen molar-refractivity contribution in [2.45, 2.75) is 27.7 Å². The second kappa shape index (κ2) is 8.31. The van der Waals surface area contributed by atoms with Gasteiger partial charge in [-0.1, -0.05) is 27.7 Å². The van der Waals surface area contributed by atoms with E-state index >= 15 is 0 Å². The highest BCUT2D eigenvalue weighted by molar-refractivity contribution is 5.67. The third-order valence-corrected chi connectivity index (χ3v) is 1.95. The molecule has 17 heavy (non-hydrogen) atoms. The second-order valence-corrected chi connectivity index (χ2v) is 5.36. The number of carbonyl (C=O) groups excluding carboxylic acids is 1. The number of hydrogen-bond donors (Lipinski definition) is 2. The minimum Gasteiger partial charge on any atom is -0.449 e. The van der Waals surface area contributed by atoms with Gasteiger partial charge in [0.1, 0.15) is 6.61 Å². The van der Waals surface area contributed by atoms with E-state index in [1.807, 2.05) is 13.8 Å². The van der Waals surface area contributed by atoms with Crippen LogP contribution < -0.4 is 11.1 Å². The van der Waals surface area contributed by atoms with Crippen LogP contribution in [0.15, 0.2) is 0 Å². The lowest BCUT2D eigenvalue weighted by molar-refractivity contribution is 0.0103. The SMILES string of the molecule is CC(C)COCC(C)(C)COC(=O)NCCN. The number of alkyl carbamates (subject to hydrolysis) is 1. The molecule has 0 fully saturated rings. The summed E-state index contributed by atoms with van der Waals surface area (Å²) in [5, 5.41) is 2.55. The van der Waals surface area contributed by atoms with Crippen LogP contribution in [-0.2, 0) is 9.47 Å². The summed E-state index contributed by atoms with van der Waals surface area (Å²) in [5.74, 6) is 0.513. The molecule has 1 amide bonds. The third kappa shape index (κ3) is 10.1. The van der Waals surface area contributed by atoms with E-state index in [4.69, 9.17) is 15.2 Å². The van der Waals surface area contributed by atoms with E-state index in [0.717, 1.165) is 6.61 Å². The molecule has 0 saturated carbocycles. The number of nitrogens with one attached hydrogen (secondary N) is 1. The molecule has 0 aromatic rings. The summed E-state index contributed by atoms with van der Waals surface area (Å²) in [5.41, 5.74) is 5.09. The van der Waals surface area contributed by atoms with Gasteiger partial charge in [0.25, 0.3) is 0 Å². The maximum Gasteiger partial charge on any atom is 0.407 e. The van der Waals surface area contributed by atoms with Gasteiger partial charge in [-0.3, -0.25) is 0 Å². The minimum absolute atomic E-state index is 0.172. The highest BCUT2D eigenvalue weighted by Crippen LogP contribution is 2.16. The average molecular weight is 246 g/mol. The number of nitrogens with two attached hydrogens (primary N) is 1. The predicted molar refractivity (Wildman–Crippen MR) is 67.8 cm³/mol. The first kappa shape index (κ1) is 16.2. The number of hydrogen-bond acceptors (Lipinski definition) is 4. The summed E-state index contributed by atoms with van der Waals surface area (Å²) in [6.07, 6.45) is -0.424. The van der Waals surface area contributed by atoms with Crippen molar-refractivity contribution >= 4 is 6.09 Å². The van der Waals surface area contributed by atoms with E-state index in [9.17, 15) is 4.79 Å². The summed E-state index contributed by atoms with van der Waals surface area (Å²) in [4.78, 5) is 11.2. The van der Waals surface area contributed by atoms with Crippen molar-refractivity contribution in [3.05, 3.63) is 0 Å². The van der Waals surface area contributed by atoms with Crippen LogP contribution in [-0.4, -0.2) is 39.0 Å². The Morgan fingerprint density at radius 3 is 2.53 bits per heavy atom. The summed E-state index contributed by atoms with van der Waals surface area (Å²) < 4.78 is 10.6. The molecule has 0 aliphatic rings. The van der Waals surface area contributed by atoms with E-state index < -0.39 is 6.09 Å². The van der Waals surface area contributed by atoms with Crippen LogP contribution in [0.2, 0.25) is 0 Å². The molecule has 0 radical (unpaired) electrons. The molecule has 0 spiro atoms. The Kier molecular flexibility index (Phi) is 7.91. The van der Waals surface area contributed by atoms with Gasteiger partial charge in [-0.25, -0.2) is 4.79 Å². The molecule has 0 unspecified atom stereocenters. The van der Waals surface area contributed by atoms with E-state index in [1.165, 1.54) is 0 Å². The Morgan fingerprint density at radius 1 is 1.35 bits per heavy atom. The predicted octanol–water partition coefficient (Wildman–Crippen LogP) is 1.37. The topological polar surface area (TPSA) is 73.6 Å². The van der Waals surface area contributed by atoms with E-state index in [1.54, 1.807) is 0 Å². The number of carbonyl (C=O) groups is 1. The lowest BCUT2D eigenvalue weighted by Crippen LogP contribution is -2.34. The van der Waals surface area contributed by atoms with Crippen LogP contribution in [0.4, 0.5) is 4.79 Å². The Morgan fingerprint density at radius 2 is 2.00 bits per heavy atom. The molecule has 0 aromatic carbocycles. The summed E-state index contributed by atoms with van der Waals surface area (Å²) in [7, 11) is 0. The van der Waals surface area contributed by atoms with Crippen molar-refractivity contribution in [1.82, 2.24) is 5.32 Å². The fourth-order valence-corrected chi connectivity index (χ4v) is 1.10. The highest BCUT2D eigenvalue weighted by Gasteiger charge is 2.20. The molecule has 0 aliphatic heterocycles. The Balaban J connectivity index is 3.72. The zero-order valence-electron chi connectivity index (χ0n) is 11.4.